The summed E-state index contributed by atoms with van der Waals surface area (Å²) in [5.41, 5.74) is 1.34. The number of nitrogens with zero attached hydrogens (tertiary/aromatic N) is 1. The Kier molecular flexibility index (Phi) is 3.46. The van der Waals surface area contributed by atoms with Crippen molar-refractivity contribution in [3.05, 3.63) is 29.8 Å². The predicted octanol–water partition coefficient (Wildman–Crippen LogP) is 1.44. The average Bonchev–Trinajstić information content (AvgIpc) is 2.84. The molecule has 1 aromatic carbocycles. The number of hydrogen-bond acceptors (Lipinski definition) is 3. The van der Waals surface area contributed by atoms with Crippen molar-refractivity contribution in [1.29, 1.82) is 0 Å². The molecule has 1 N–H and O–H groups in total. The van der Waals surface area contributed by atoms with Gasteiger partial charge >= 0.3 is 0 Å². The standard InChI is InChI=1S/C15H18N2O2S/c1-9-15(19)17(10(2)14(18)16-9)8-12-7-11-5-3-4-6-13(11)20-12/h3-6,9-10,12H,7-8H2,1-2H3,(H,16,18). The fourth-order valence-corrected chi connectivity index (χ4v) is 4.12. The van der Waals surface area contributed by atoms with E-state index in [-0.39, 0.29) is 17.9 Å². The molecule has 1 saturated heterocycles. The molecule has 4 nitrogen and oxygen atoms in total. The maximum atomic E-state index is 12.2. The van der Waals surface area contributed by atoms with Crippen LogP contribution in [0.1, 0.15) is 19.4 Å². The molecule has 106 valence electrons. The van der Waals surface area contributed by atoms with Crippen LogP contribution in [0.4, 0.5) is 0 Å². The van der Waals surface area contributed by atoms with Gasteiger partial charge in [0.15, 0.2) is 0 Å². The molecule has 0 radical (unpaired) electrons. The van der Waals surface area contributed by atoms with E-state index in [1.165, 1.54) is 10.5 Å². The predicted molar refractivity (Wildman–Crippen MR) is 78.6 cm³/mol. The van der Waals surface area contributed by atoms with Crippen molar-refractivity contribution in [3.63, 3.8) is 0 Å². The summed E-state index contributed by atoms with van der Waals surface area (Å²) in [6.45, 7) is 4.18. The number of hydrogen-bond donors (Lipinski definition) is 1. The highest BCUT2D eigenvalue weighted by atomic mass is 32.2. The average molecular weight is 290 g/mol. The van der Waals surface area contributed by atoms with Crippen molar-refractivity contribution in [3.8, 4) is 0 Å². The summed E-state index contributed by atoms with van der Waals surface area (Å²) in [4.78, 5) is 27.1. The first-order valence-corrected chi connectivity index (χ1v) is 7.79. The van der Waals surface area contributed by atoms with Gasteiger partial charge in [-0.15, -0.1) is 11.8 Å². The molecule has 2 amide bonds. The highest BCUT2D eigenvalue weighted by molar-refractivity contribution is 8.00. The van der Waals surface area contributed by atoms with Crippen LogP contribution in [0.2, 0.25) is 0 Å². The van der Waals surface area contributed by atoms with E-state index in [4.69, 9.17) is 0 Å². The van der Waals surface area contributed by atoms with Crippen molar-refractivity contribution in [1.82, 2.24) is 10.2 Å². The van der Waals surface area contributed by atoms with Crippen LogP contribution in [0.3, 0.4) is 0 Å². The van der Waals surface area contributed by atoms with Gasteiger partial charge in [0.05, 0.1) is 0 Å². The van der Waals surface area contributed by atoms with Gasteiger partial charge in [-0.2, -0.15) is 0 Å². The minimum atomic E-state index is -0.410. The number of carbonyl (C=O) groups is 2. The molecule has 1 aromatic rings. The number of fused-ring (bicyclic) bond motifs is 1. The largest absolute Gasteiger partial charge is 0.343 e. The van der Waals surface area contributed by atoms with E-state index in [1.54, 1.807) is 18.7 Å². The molecule has 1 fully saturated rings. The highest BCUT2D eigenvalue weighted by Gasteiger charge is 2.37. The smallest absolute Gasteiger partial charge is 0.245 e. The van der Waals surface area contributed by atoms with E-state index in [1.807, 2.05) is 23.9 Å². The van der Waals surface area contributed by atoms with Gasteiger partial charge in [-0.25, -0.2) is 0 Å². The molecule has 0 spiro atoms. The number of rotatable bonds is 2. The van der Waals surface area contributed by atoms with Crippen LogP contribution < -0.4 is 5.32 Å². The van der Waals surface area contributed by atoms with Crippen molar-refractivity contribution < 1.29 is 9.59 Å². The van der Waals surface area contributed by atoms with Crippen molar-refractivity contribution in [2.45, 2.75) is 42.5 Å². The molecule has 2 aliphatic rings. The van der Waals surface area contributed by atoms with Crippen LogP contribution >= 0.6 is 11.8 Å². The van der Waals surface area contributed by atoms with Gasteiger partial charge in [0.2, 0.25) is 11.8 Å². The molecular formula is C15H18N2O2S. The maximum absolute atomic E-state index is 12.2. The zero-order chi connectivity index (χ0) is 14.3. The van der Waals surface area contributed by atoms with Crippen molar-refractivity contribution >= 4 is 23.6 Å². The van der Waals surface area contributed by atoms with Gasteiger partial charge in [0.1, 0.15) is 12.1 Å². The summed E-state index contributed by atoms with van der Waals surface area (Å²) < 4.78 is 0. The summed E-state index contributed by atoms with van der Waals surface area (Å²) in [6.07, 6.45) is 0.966. The molecule has 2 aliphatic heterocycles. The lowest BCUT2D eigenvalue weighted by Crippen LogP contribution is -2.62. The van der Waals surface area contributed by atoms with Crippen molar-refractivity contribution in [2.75, 3.05) is 6.54 Å². The minimum Gasteiger partial charge on any atom is -0.343 e. The van der Waals surface area contributed by atoms with E-state index >= 15 is 0 Å². The molecule has 3 rings (SSSR count). The number of amides is 2. The molecule has 20 heavy (non-hydrogen) atoms. The number of carbonyl (C=O) groups excluding carboxylic acids is 2. The van der Waals surface area contributed by atoms with Gasteiger partial charge in [0, 0.05) is 16.7 Å². The third-order valence-corrected chi connectivity index (χ3v) is 5.27. The van der Waals surface area contributed by atoms with Gasteiger partial charge in [-0.05, 0) is 31.9 Å². The molecule has 3 atom stereocenters. The third-order valence-electron chi connectivity index (χ3n) is 3.97. The molecule has 0 aliphatic carbocycles. The number of benzene rings is 1. The summed E-state index contributed by atoms with van der Waals surface area (Å²) >= 11 is 1.81. The monoisotopic (exact) mass is 290 g/mol. The SMILES string of the molecule is CC1NC(=O)C(C)N(CC2Cc3ccccc3S2)C1=O. The lowest BCUT2D eigenvalue weighted by molar-refractivity contribution is -0.148. The second kappa shape index (κ2) is 5.13. The van der Waals surface area contributed by atoms with Crippen LogP contribution in [0.5, 0.6) is 0 Å². The second-order valence-electron chi connectivity index (χ2n) is 5.45. The Morgan fingerprint density at radius 2 is 2.05 bits per heavy atom. The van der Waals surface area contributed by atoms with Crippen LogP contribution in [-0.4, -0.2) is 40.6 Å². The number of piperazine rings is 1. The van der Waals surface area contributed by atoms with Crippen LogP contribution in [0.15, 0.2) is 29.2 Å². The molecule has 0 bridgehead atoms. The molecule has 2 heterocycles. The second-order valence-corrected chi connectivity index (χ2v) is 6.79. The Hall–Kier alpha value is -1.49. The van der Waals surface area contributed by atoms with Crippen LogP contribution in [0, 0.1) is 0 Å². The van der Waals surface area contributed by atoms with Crippen LogP contribution in [-0.2, 0) is 16.0 Å². The molecule has 0 aromatic heterocycles. The van der Waals surface area contributed by atoms with E-state index in [0.717, 1.165) is 6.42 Å². The Balaban J connectivity index is 1.72. The van der Waals surface area contributed by atoms with Gasteiger partial charge < -0.3 is 10.2 Å². The fourth-order valence-electron chi connectivity index (χ4n) is 2.80. The Morgan fingerprint density at radius 1 is 1.30 bits per heavy atom. The fraction of sp³-hybridized carbons (Fsp3) is 0.467. The summed E-state index contributed by atoms with van der Waals surface area (Å²) in [5.74, 6) is -0.0359. The Labute approximate surface area is 122 Å². The molecular weight excluding hydrogens is 272 g/mol. The van der Waals surface area contributed by atoms with Crippen LogP contribution in [0.25, 0.3) is 0 Å². The topological polar surface area (TPSA) is 49.4 Å². The maximum Gasteiger partial charge on any atom is 0.245 e. The summed E-state index contributed by atoms with van der Waals surface area (Å²) in [7, 11) is 0. The van der Waals surface area contributed by atoms with E-state index in [9.17, 15) is 9.59 Å². The van der Waals surface area contributed by atoms with Crippen molar-refractivity contribution in [2.24, 2.45) is 0 Å². The van der Waals surface area contributed by atoms with Gasteiger partial charge in [-0.1, -0.05) is 18.2 Å². The first-order chi connectivity index (χ1) is 9.56. The van der Waals surface area contributed by atoms with E-state index in [2.05, 4.69) is 17.4 Å². The molecule has 5 heteroatoms. The lowest BCUT2D eigenvalue weighted by atomic mass is 10.1. The zero-order valence-electron chi connectivity index (χ0n) is 11.6. The molecule has 0 saturated carbocycles. The summed E-state index contributed by atoms with van der Waals surface area (Å²) in [5, 5.41) is 3.06. The van der Waals surface area contributed by atoms with Gasteiger partial charge in [-0.3, -0.25) is 9.59 Å². The lowest BCUT2D eigenvalue weighted by Gasteiger charge is -2.37. The first kappa shape index (κ1) is 13.5. The Bertz CT molecular complexity index is 536. The van der Waals surface area contributed by atoms with Gasteiger partial charge in [0.25, 0.3) is 0 Å². The van der Waals surface area contributed by atoms with E-state index < -0.39 is 6.04 Å². The molecule has 3 unspecified atom stereocenters. The Morgan fingerprint density at radius 3 is 2.80 bits per heavy atom. The number of nitrogens with one attached hydrogen (secondary N) is 1. The normalized spacial score (nSPS) is 29.3. The quantitative estimate of drug-likeness (QED) is 0.896. The van der Waals surface area contributed by atoms with E-state index in [0.29, 0.717) is 11.8 Å². The minimum absolute atomic E-state index is 0.0219. The highest BCUT2D eigenvalue weighted by Crippen LogP contribution is 2.37. The first-order valence-electron chi connectivity index (χ1n) is 6.91. The zero-order valence-corrected chi connectivity index (χ0v) is 12.4. The third kappa shape index (κ3) is 2.30. The summed E-state index contributed by atoms with van der Waals surface area (Å²) in [6, 6.07) is 7.57. The number of thioether (sulfide) groups is 1.